The fourth-order valence-electron chi connectivity index (χ4n) is 5.25. The number of carbonyl (C=O) groups excluding carboxylic acids is 3. The van der Waals surface area contributed by atoms with E-state index in [0.29, 0.717) is 24.6 Å². The predicted molar refractivity (Wildman–Crippen MR) is 109 cm³/mol. The summed E-state index contributed by atoms with van der Waals surface area (Å²) in [6, 6.07) is 5.68. The SMILES string of the molecule is NC1CN(C2CCCCC2Oc2ccc3c(c2)CN(C2CCC(=O)NC2=O)C3=O)C1. The second kappa shape index (κ2) is 7.67. The molecule has 1 aliphatic carbocycles. The Morgan fingerprint density at radius 1 is 1.07 bits per heavy atom. The standard InChI is InChI=1S/C22H28N4O4/c23-14-11-25(12-14)17-3-1-2-4-19(17)30-15-5-6-16-13(9-15)10-26(22(16)29)18-7-8-20(27)24-21(18)28/h5-6,9,14,17-19H,1-4,7-8,10-12,23H2,(H,24,27,28). The second-order valence-electron chi connectivity index (χ2n) is 8.94. The van der Waals surface area contributed by atoms with Crippen molar-refractivity contribution in [1.82, 2.24) is 15.1 Å². The van der Waals surface area contributed by atoms with Gasteiger partial charge in [0.25, 0.3) is 5.91 Å². The van der Waals surface area contributed by atoms with E-state index in [9.17, 15) is 14.4 Å². The van der Waals surface area contributed by atoms with Crippen molar-refractivity contribution < 1.29 is 19.1 Å². The molecule has 3 atom stereocenters. The van der Waals surface area contributed by atoms with Crippen molar-refractivity contribution >= 4 is 17.7 Å². The van der Waals surface area contributed by atoms with E-state index in [2.05, 4.69) is 10.2 Å². The molecule has 3 amide bonds. The van der Waals surface area contributed by atoms with Crippen LogP contribution in [0.15, 0.2) is 18.2 Å². The number of imide groups is 1. The van der Waals surface area contributed by atoms with Crippen molar-refractivity contribution in [1.29, 1.82) is 0 Å². The summed E-state index contributed by atoms with van der Waals surface area (Å²) in [5, 5.41) is 2.34. The Morgan fingerprint density at radius 2 is 1.87 bits per heavy atom. The van der Waals surface area contributed by atoms with Crippen LogP contribution in [-0.2, 0) is 16.1 Å². The maximum Gasteiger partial charge on any atom is 0.255 e. The lowest BCUT2D eigenvalue weighted by atomic mass is 9.88. The average molecular weight is 412 g/mol. The van der Waals surface area contributed by atoms with Gasteiger partial charge in [0.15, 0.2) is 0 Å². The van der Waals surface area contributed by atoms with Crippen LogP contribution in [0.25, 0.3) is 0 Å². The van der Waals surface area contributed by atoms with E-state index in [1.807, 2.05) is 12.1 Å². The lowest BCUT2D eigenvalue weighted by molar-refractivity contribution is -0.136. The third kappa shape index (κ3) is 3.48. The summed E-state index contributed by atoms with van der Waals surface area (Å²) in [7, 11) is 0. The quantitative estimate of drug-likeness (QED) is 0.708. The fraction of sp³-hybridized carbons (Fsp3) is 0.591. The first-order chi connectivity index (χ1) is 14.5. The van der Waals surface area contributed by atoms with E-state index in [4.69, 9.17) is 10.5 Å². The lowest BCUT2D eigenvalue weighted by Gasteiger charge is -2.47. The summed E-state index contributed by atoms with van der Waals surface area (Å²) in [5.41, 5.74) is 7.46. The first-order valence-electron chi connectivity index (χ1n) is 10.9. The molecular weight excluding hydrogens is 384 g/mol. The molecule has 0 spiro atoms. The number of rotatable bonds is 4. The van der Waals surface area contributed by atoms with Crippen LogP contribution in [-0.4, -0.2) is 64.8 Å². The van der Waals surface area contributed by atoms with Gasteiger partial charge in [-0.25, -0.2) is 0 Å². The zero-order chi connectivity index (χ0) is 20.8. The number of nitrogens with zero attached hydrogens (tertiary/aromatic N) is 2. The molecule has 2 saturated heterocycles. The van der Waals surface area contributed by atoms with Gasteiger partial charge >= 0.3 is 0 Å². The molecule has 160 valence electrons. The zero-order valence-electron chi connectivity index (χ0n) is 17.0. The molecule has 3 N–H and O–H groups in total. The molecule has 0 bridgehead atoms. The highest BCUT2D eigenvalue weighted by Gasteiger charge is 2.40. The van der Waals surface area contributed by atoms with Crippen molar-refractivity contribution in [3.05, 3.63) is 29.3 Å². The number of fused-ring (bicyclic) bond motifs is 1. The lowest BCUT2D eigenvalue weighted by Crippen LogP contribution is -2.63. The number of hydrogen-bond donors (Lipinski definition) is 2. The number of ether oxygens (including phenoxy) is 1. The average Bonchev–Trinajstić information content (AvgIpc) is 3.02. The summed E-state index contributed by atoms with van der Waals surface area (Å²) < 4.78 is 6.40. The first-order valence-corrected chi connectivity index (χ1v) is 10.9. The number of amides is 3. The molecule has 5 rings (SSSR count). The monoisotopic (exact) mass is 412 g/mol. The van der Waals surface area contributed by atoms with E-state index in [-0.39, 0.29) is 36.3 Å². The molecule has 1 saturated carbocycles. The van der Waals surface area contributed by atoms with E-state index >= 15 is 0 Å². The topological polar surface area (TPSA) is 105 Å². The van der Waals surface area contributed by atoms with Gasteiger partial charge in [0.2, 0.25) is 11.8 Å². The smallest absolute Gasteiger partial charge is 0.255 e. The van der Waals surface area contributed by atoms with E-state index in [0.717, 1.165) is 43.7 Å². The highest BCUT2D eigenvalue weighted by Crippen LogP contribution is 2.33. The summed E-state index contributed by atoms with van der Waals surface area (Å²) in [6.07, 6.45) is 5.29. The molecule has 8 nitrogen and oxygen atoms in total. The summed E-state index contributed by atoms with van der Waals surface area (Å²) in [5.74, 6) is -0.0486. The van der Waals surface area contributed by atoms with Crippen molar-refractivity contribution in [2.75, 3.05) is 13.1 Å². The van der Waals surface area contributed by atoms with Crippen molar-refractivity contribution in [2.45, 2.75) is 69.3 Å². The predicted octanol–water partition coefficient (Wildman–Crippen LogP) is 0.780. The summed E-state index contributed by atoms with van der Waals surface area (Å²) in [6.45, 7) is 2.24. The van der Waals surface area contributed by atoms with Gasteiger partial charge in [-0.05, 0) is 49.4 Å². The van der Waals surface area contributed by atoms with E-state index in [1.165, 1.54) is 6.42 Å². The van der Waals surface area contributed by atoms with Crippen LogP contribution in [0, 0.1) is 0 Å². The molecule has 3 heterocycles. The largest absolute Gasteiger partial charge is 0.489 e. The number of benzene rings is 1. The number of likely N-dealkylation sites (tertiary alicyclic amines) is 1. The molecule has 3 unspecified atom stereocenters. The fourth-order valence-corrected chi connectivity index (χ4v) is 5.25. The highest BCUT2D eigenvalue weighted by molar-refractivity contribution is 6.05. The van der Waals surface area contributed by atoms with E-state index in [1.54, 1.807) is 11.0 Å². The zero-order valence-corrected chi connectivity index (χ0v) is 17.0. The molecule has 3 aliphatic heterocycles. The number of nitrogens with one attached hydrogen (secondary N) is 1. The van der Waals surface area contributed by atoms with Crippen molar-refractivity contribution in [3.63, 3.8) is 0 Å². The van der Waals surface area contributed by atoms with Crippen LogP contribution in [0.3, 0.4) is 0 Å². The molecule has 8 heteroatoms. The van der Waals surface area contributed by atoms with Gasteiger partial charge in [-0.2, -0.15) is 0 Å². The minimum atomic E-state index is -0.592. The molecule has 0 aromatic heterocycles. The summed E-state index contributed by atoms with van der Waals surface area (Å²) in [4.78, 5) is 40.5. The second-order valence-corrected chi connectivity index (χ2v) is 8.94. The van der Waals surface area contributed by atoms with Gasteiger partial charge < -0.3 is 15.4 Å². The Kier molecular flexibility index (Phi) is 4.99. The Hall–Kier alpha value is -2.45. The normalized spacial score (nSPS) is 30.1. The van der Waals surface area contributed by atoms with Gasteiger partial charge in [-0.1, -0.05) is 6.42 Å². The molecule has 1 aromatic carbocycles. The number of nitrogens with two attached hydrogens (primary N) is 1. The molecule has 4 aliphatic rings. The van der Waals surface area contributed by atoms with Gasteiger partial charge in [0.1, 0.15) is 17.9 Å². The third-order valence-corrected chi connectivity index (χ3v) is 6.86. The Balaban J connectivity index is 1.29. The highest BCUT2D eigenvalue weighted by atomic mass is 16.5. The Bertz CT molecular complexity index is 882. The summed E-state index contributed by atoms with van der Waals surface area (Å²) >= 11 is 0. The maximum absolute atomic E-state index is 12.8. The molecule has 1 aromatic rings. The van der Waals surface area contributed by atoms with Crippen LogP contribution >= 0.6 is 0 Å². The molecular formula is C22H28N4O4. The minimum Gasteiger partial charge on any atom is -0.489 e. The van der Waals surface area contributed by atoms with Gasteiger partial charge in [0.05, 0.1) is 0 Å². The van der Waals surface area contributed by atoms with Crippen LogP contribution in [0.1, 0.15) is 54.4 Å². The maximum atomic E-state index is 12.8. The van der Waals surface area contributed by atoms with Gasteiger partial charge in [-0.3, -0.25) is 24.6 Å². The first kappa shape index (κ1) is 19.5. The number of hydrogen-bond acceptors (Lipinski definition) is 6. The molecule has 30 heavy (non-hydrogen) atoms. The number of piperidine rings is 1. The Morgan fingerprint density at radius 3 is 2.63 bits per heavy atom. The minimum absolute atomic E-state index is 0.132. The van der Waals surface area contributed by atoms with Gasteiger partial charge in [-0.15, -0.1) is 0 Å². The molecule has 3 fully saturated rings. The van der Waals surface area contributed by atoms with Crippen molar-refractivity contribution in [3.8, 4) is 5.75 Å². The Labute approximate surface area is 175 Å². The van der Waals surface area contributed by atoms with Crippen LogP contribution in [0.4, 0.5) is 0 Å². The number of carbonyl (C=O) groups is 3. The van der Waals surface area contributed by atoms with Crippen LogP contribution in [0.5, 0.6) is 5.75 Å². The van der Waals surface area contributed by atoms with Crippen LogP contribution < -0.4 is 15.8 Å². The van der Waals surface area contributed by atoms with Crippen molar-refractivity contribution in [2.24, 2.45) is 5.73 Å². The third-order valence-electron chi connectivity index (χ3n) is 6.86. The van der Waals surface area contributed by atoms with E-state index < -0.39 is 6.04 Å². The van der Waals surface area contributed by atoms with Gasteiger partial charge in [0, 0.05) is 43.7 Å². The molecule has 0 radical (unpaired) electrons. The van der Waals surface area contributed by atoms with Crippen LogP contribution in [0.2, 0.25) is 0 Å².